The van der Waals surface area contributed by atoms with Gasteiger partial charge in [0, 0.05) is 12.1 Å². The molecule has 0 amide bonds. The molecule has 20 heavy (non-hydrogen) atoms. The molecule has 1 fully saturated rings. The van der Waals surface area contributed by atoms with Crippen LogP contribution in [0.4, 0.5) is 0 Å². The molecule has 1 aromatic carbocycles. The first-order valence-corrected chi connectivity index (χ1v) is 8.42. The largest absolute Gasteiger partial charge is 0.307 e. The van der Waals surface area contributed by atoms with E-state index < -0.39 is 0 Å². The van der Waals surface area contributed by atoms with Crippen LogP contribution >= 0.6 is 0 Å². The van der Waals surface area contributed by atoms with E-state index in [1.165, 1.54) is 43.2 Å². The van der Waals surface area contributed by atoms with Crippen LogP contribution in [-0.4, -0.2) is 6.04 Å². The third kappa shape index (κ3) is 4.09. The van der Waals surface area contributed by atoms with Crippen molar-refractivity contribution in [2.24, 2.45) is 11.8 Å². The summed E-state index contributed by atoms with van der Waals surface area (Å²) in [7, 11) is 0. The fourth-order valence-electron chi connectivity index (χ4n) is 3.49. The highest BCUT2D eigenvalue weighted by atomic mass is 14.9. The van der Waals surface area contributed by atoms with Crippen molar-refractivity contribution in [2.75, 3.05) is 0 Å². The maximum absolute atomic E-state index is 3.90. The molecule has 0 radical (unpaired) electrons. The molecule has 1 N–H and O–H groups in total. The van der Waals surface area contributed by atoms with Crippen LogP contribution in [0.15, 0.2) is 24.3 Å². The molecular weight excluding hydrogens is 242 g/mol. The van der Waals surface area contributed by atoms with Gasteiger partial charge in [0.05, 0.1) is 0 Å². The summed E-state index contributed by atoms with van der Waals surface area (Å²) in [6, 6.07) is 10.3. The lowest BCUT2D eigenvalue weighted by Gasteiger charge is -2.33. The Balaban J connectivity index is 1.89. The fraction of sp³-hybridized carbons (Fsp3) is 0.684. The number of aryl methyl sites for hydroxylation is 1. The molecule has 1 aliphatic rings. The molecule has 0 heterocycles. The first kappa shape index (κ1) is 15.6. The van der Waals surface area contributed by atoms with Crippen molar-refractivity contribution in [2.45, 2.75) is 71.9 Å². The van der Waals surface area contributed by atoms with Gasteiger partial charge in [-0.05, 0) is 56.4 Å². The highest BCUT2D eigenvalue weighted by Crippen LogP contribution is 2.31. The van der Waals surface area contributed by atoms with E-state index in [4.69, 9.17) is 0 Å². The van der Waals surface area contributed by atoms with Crippen LogP contribution in [0.25, 0.3) is 0 Å². The van der Waals surface area contributed by atoms with Gasteiger partial charge in [-0.3, -0.25) is 0 Å². The van der Waals surface area contributed by atoms with Crippen LogP contribution in [0.1, 0.15) is 70.0 Å². The van der Waals surface area contributed by atoms with Crippen LogP contribution in [-0.2, 0) is 0 Å². The molecule has 1 atom stereocenters. The first-order chi connectivity index (χ1) is 9.60. The zero-order valence-corrected chi connectivity index (χ0v) is 13.7. The van der Waals surface area contributed by atoms with Crippen LogP contribution < -0.4 is 5.32 Å². The van der Waals surface area contributed by atoms with Crippen LogP contribution in [0.2, 0.25) is 0 Å². The Labute approximate surface area is 125 Å². The summed E-state index contributed by atoms with van der Waals surface area (Å²) < 4.78 is 0. The molecule has 1 unspecified atom stereocenters. The molecule has 0 spiro atoms. The van der Waals surface area contributed by atoms with Crippen molar-refractivity contribution in [1.29, 1.82) is 0 Å². The van der Waals surface area contributed by atoms with E-state index in [-0.39, 0.29) is 0 Å². The molecule has 1 heteroatoms. The molecule has 0 saturated heterocycles. The monoisotopic (exact) mass is 273 g/mol. The quantitative estimate of drug-likeness (QED) is 0.772. The van der Waals surface area contributed by atoms with E-state index in [9.17, 15) is 0 Å². The second-order valence-electron chi connectivity index (χ2n) is 6.89. The summed E-state index contributed by atoms with van der Waals surface area (Å²) in [4.78, 5) is 0. The third-order valence-corrected chi connectivity index (χ3v) is 5.04. The number of benzene rings is 1. The fourth-order valence-corrected chi connectivity index (χ4v) is 3.49. The Morgan fingerprint density at radius 3 is 2.15 bits per heavy atom. The van der Waals surface area contributed by atoms with Gasteiger partial charge in [-0.1, -0.05) is 50.6 Å². The second-order valence-corrected chi connectivity index (χ2v) is 6.89. The lowest BCUT2D eigenvalue weighted by molar-refractivity contribution is 0.227. The van der Waals surface area contributed by atoms with Crippen molar-refractivity contribution in [3.05, 3.63) is 35.4 Å². The smallest absolute Gasteiger partial charge is 0.0320 e. The normalized spacial score (nSPS) is 24.9. The van der Waals surface area contributed by atoms with Crippen molar-refractivity contribution < 1.29 is 0 Å². The SMILES string of the molecule is CCC(NC1CCC(C(C)C)CC1)c1ccc(C)cc1. The minimum Gasteiger partial charge on any atom is -0.307 e. The summed E-state index contributed by atoms with van der Waals surface area (Å²) in [6.45, 7) is 9.20. The average Bonchev–Trinajstić information content (AvgIpc) is 2.46. The van der Waals surface area contributed by atoms with Crippen molar-refractivity contribution in [1.82, 2.24) is 5.32 Å². The van der Waals surface area contributed by atoms with Crippen molar-refractivity contribution in [3.63, 3.8) is 0 Å². The van der Waals surface area contributed by atoms with Gasteiger partial charge in [0.2, 0.25) is 0 Å². The van der Waals surface area contributed by atoms with Gasteiger partial charge in [0.15, 0.2) is 0 Å². The predicted octanol–water partition coefficient (Wildman–Crippen LogP) is 5.25. The van der Waals surface area contributed by atoms with Gasteiger partial charge in [0.1, 0.15) is 0 Å². The summed E-state index contributed by atoms with van der Waals surface area (Å²) in [6.07, 6.45) is 6.68. The zero-order chi connectivity index (χ0) is 14.5. The van der Waals surface area contributed by atoms with E-state index in [0.717, 1.165) is 17.9 Å². The highest BCUT2D eigenvalue weighted by Gasteiger charge is 2.24. The summed E-state index contributed by atoms with van der Waals surface area (Å²) in [5.74, 6) is 1.81. The minimum absolute atomic E-state index is 0.524. The van der Waals surface area contributed by atoms with E-state index in [2.05, 4.69) is 57.3 Å². The van der Waals surface area contributed by atoms with Gasteiger partial charge in [-0.2, -0.15) is 0 Å². The molecule has 2 rings (SSSR count). The number of nitrogens with one attached hydrogen (secondary N) is 1. The molecule has 1 nitrogen and oxygen atoms in total. The summed E-state index contributed by atoms with van der Waals surface area (Å²) in [5, 5.41) is 3.90. The lowest BCUT2D eigenvalue weighted by atomic mass is 9.79. The number of hydrogen-bond donors (Lipinski definition) is 1. The molecule has 1 aromatic rings. The van der Waals surface area contributed by atoms with Crippen molar-refractivity contribution >= 4 is 0 Å². The Bertz CT molecular complexity index is 385. The molecular formula is C19H31N. The molecule has 1 aliphatic carbocycles. The second kappa shape index (κ2) is 7.26. The molecule has 0 aliphatic heterocycles. The van der Waals surface area contributed by atoms with Gasteiger partial charge < -0.3 is 5.32 Å². The lowest BCUT2D eigenvalue weighted by Crippen LogP contribution is -2.36. The Morgan fingerprint density at radius 2 is 1.65 bits per heavy atom. The van der Waals surface area contributed by atoms with E-state index in [1.807, 2.05) is 0 Å². The molecule has 1 saturated carbocycles. The Hall–Kier alpha value is -0.820. The Morgan fingerprint density at radius 1 is 1.05 bits per heavy atom. The van der Waals surface area contributed by atoms with E-state index in [0.29, 0.717) is 6.04 Å². The highest BCUT2D eigenvalue weighted by molar-refractivity contribution is 5.24. The van der Waals surface area contributed by atoms with Gasteiger partial charge in [-0.15, -0.1) is 0 Å². The standard InChI is InChI=1S/C19H31N/c1-5-19(17-8-6-15(4)7-9-17)20-18-12-10-16(11-13-18)14(2)3/h6-9,14,16,18-20H,5,10-13H2,1-4H3. The molecule has 0 bridgehead atoms. The van der Waals surface area contributed by atoms with E-state index >= 15 is 0 Å². The summed E-state index contributed by atoms with van der Waals surface area (Å²) in [5.41, 5.74) is 2.80. The summed E-state index contributed by atoms with van der Waals surface area (Å²) >= 11 is 0. The maximum Gasteiger partial charge on any atom is 0.0320 e. The minimum atomic E-state index is 0.524. The van der Waals surface area contributed by atoms with Crippen molar-refractivity contribution in [3.8, 4) is 0 Å². The van der Waals surface area contributed by atoms with E-state index in [1.54, 1.807) is 0 Å². The predicted molar refractivity (Wildman–Crippen MR) is 87.9 cm³/mol. The van der Waals surface area contributed by atoms with Gasteiger partial charge >= 0.3 is 0 Å². The average molecular weight is 273 g/mol. The van der Waals surface area contributed by atoms with Crippen LogP contribution in [0.5, 0.6) is 0 Å². The third-order valence-electron chi connectivity index (χ3n) is 5.04. The van der Waals surface area contributed by atoms with Gasteiger partial charge in [0.25, 0.3) is 0 Å². The Kier molecular flexibility index (Phi) is 5.65. The maximum atomic E-state index is 3.90. The molecule has 112 valence electrons. The van der Waals surface area contributed by atoms with Crippen LogP contribution in [0.3, 0.4) is 0 Å². The number of hydrogen-bond acceptors (Lipinski definition) is 1. The molecule has 0 aromatic heterocycles. The van der Waals surface area contributed by atoms with Gasteiger partial charge in [-0.25, -0.2) is 0 Å². The first-order valence-electron chi connectivity index (χ1n) is 8.42. The topological polar surface area (TPSA) is 12.0 Å². The zero-order valence-electron chi connectivity index (χ0n) is 13.7. The van der Waals surface area contributed by atoms with Crippen LogP contribution in [0, 0.1) is 18.8 Å². The number of rotatable bonds is 5.